The first-order valence-electron chi connectivity index (χ1n) is 9.31. The maximum atomic E-state index is 12.8. The molecule has 9 heteroatoms. The molecular formula is C21H17BrN4O3S. The lowest BCUT2D eigenvalue weighted by molar-refractivity contribution is -0.115. The zero-order valence-electron chi connectivity index (χ0n) is 15.8. The molecule has 152 valence electrons. The van der Waals surface area contributed by atoms with E-state index in [-0.39, 0.29) is 5.78 Å². The van der Waals surface area contributed by atoms with Crippen LogP contribution in [0.1, 0.15) is 35.2 Å². The van der Waals surface area contributed by atoms with Crippen molar-refractivity contribution in [3.63, 3.8) is 0 Å². The van der Waals surface area contributed by atoms with Crippen LogP contribution in [0.2, 0.25) is 0 Å². The third kappa shape index (κ3) is 4.85. The van der Waals surface area contributed by atoms with Gasteiger partial charge in [-0.15, -0.1) is 5.10 Å². The van der Waals surface area contributed by atoms with Gasteiger partial charge < -0.3 is 4.74 Å². The molecule has 7 nitrogen and oxygen atoms in total. The van der Waals surface area contributed by atoms with Gasteiger partial charge >= 0.3 is 5.97 Å². The van der Waals surface area contributed by atoms with E-state index >= 15 is 0 Å². The molecule has 0 saturated carbocycles. The summed E-state index contributed by atoms with van der Waals surface area (Å²) in [7, 11) is 0. The highest BCUT2D eigenvalue weighted by molar-refractivity contribution is 9.10. The van der Waals surface area contributed by atoms with Gasteiger partial charge in [-0.2, -0.15) is 4.68 Å². The Morgan fingerprint density at radius 1 is 1.17 bits per heavy atom. The fourth-order valence-corrected chi connectivity index (χ4v) is 4.33. The number of carbonyl (C=O) groups excluding carboxylic acids is 2. The number of carbonyl (C=O) groups is 2. The van der Waals surface area contributed by atoms with E-state index in [0.29, 0.717) is 41.5 Å². The van der Waals surface area contributed by atoms with Crippen molar-refractivity contribution in [2.24, 2.45) is 0 Å². The molecule has 1 aromatic heterocycles. The summed E-state index contributed by atoms with van der Waals surface area (Å²) in [6, 6.07) is 15.0. The second-order valence-electron chi connectivity index (χ2n) is 6.62. The van der Waals surface area contributed by atoms with Gasteiger partial charge in [0.2, 0.25) is 5.16 Å². The van der Waals surface area contributed by atoms with Crippen molar-refractivity contribution >= 4 is 39.4 Å². The van der Waals surface area contributed by atoms with Gasteiger partial charge in [0, 0.05) is 29.1 Å². The summed E-state index contributed by atoms with van der Waals surface area (Å²) in [5, 5.41) is 12.5. The second-order valence-corrected chi connectivity index (χ2v) is 8.48. The van der Waals surface area contributed by atoms with Gasteiger partial charge in [-0.05, 0) is 52.7 Å². The molecule has 2 aromatic carbocycles. The van der Waals surface area contributed by atoms with Gasteiger partial charge in [0.05, 0.1) is 11.3 Å². The van der Waals surface area contributed by atoms with E-state index < -0.39 is 5.97 Å². The van der Waals surface area contributed by atoms with Crippen LogP contribution in [0.5, 0.6) is 0 Å². The van der Waals surface area contributed by atoms with Crippen LogP contribution in [-0.4, -0.2) is 32.0 Å². The Kier molecular flexibility index (Phi) is 6.39. The second kappa shape index (κ2) is 9.36. The van der Waals surface area contributed by atoms with Crippen molar-refractivity contribution in [2.75, 3.05) is 0 Å². The van der Waals surface area contributed by atoms with Crippen LogP contribution < -0.4 is 0 Å². The van der Waals surface area contributed by atoms with Crippen molar-refractivity contribution < 1.29 is 14.3 Å². The number of para-hydroxylation sites is 1. The molecule has 4 rings (SSSR count). The molecule has 0 atom stereocenters. The summed E-state index contributed by atoms with van der Waals surface area (Å²) < 4.78 is 7.99. The van der Waals surface area contributed by atoms with Crippen molar-refractivity contribution in [3.05, 3.63) is 76.0 Å². The van der Waals surface area contributed by atoms with E-state index in [9.17, 15) is 9.59 Å². The van der Waals surface area contributed by atoms with Crippen molar-refractivity contribution in [3.8, 4) is 5.69 Å². The lowest BCUT2D eigenvalue weighted by Crippen LogP contribution is -2.12. The molecule has 0 amide bonds. The number of thioether (sulfide) groups is 1. The Morgan fingerprint density at radius 3 is 2.80 bits per heavy atom. The van der Waals surface area contributed by atoms with Crippen LogP contribution in [0.4, 0.5) is 0 Å². The summed E-state index contributed by atoms with van der Waals surface area (Å²) in [6.07, 6.45) is 3.20. The Morgan fingerprint density at radius 2 is 2.00 bits per heavy atom. The third-order valence-corrected chi connectivity index (χ3v) is 5.94. The number of aromatic nitrogens is 4. The van der Waals surface area contributed by atoms with E-state index in [0.717, 1.165) is 15.7 Å². The Hall–Kier alpha value is -2.78. The van der Waals surface area contributed by atoms with E-state index in [2.05, 4.69) is 31.5 Å². The normalized spacial score (nSPS) is 13.8. The molecule has 0 unspecified atom stereocenters. The highest BCUT2D eigenvalue weighted by Gasteiger charge is 2.19. The van der Waals surface area contributed by atoms with Crippen LogP contribution in [0.25, 0.3) is 5.69 Å². The topological polar surface area (TPSA) is 87.0 Å². The van der Waals surface area contributed by atoms with Gasteiger partial charge in [0.25, 0.3) is 0 Å². The number of halogens is 1. The molecule has 0 aliphatic heterocycles. The quantitative estimate of drug-likeness (QED) is 0.375. The summed E-state index contributed by atoms with van der Waals surface area (Å²) >= 11 is 4.88. The van der Waals surface area contributed by atoms with E-state index in [1.165, 1.54) is 17.8 Å². The monoisotopic (exact) mass is 484 g/mol. The minimum absolute atomic E-state index is 0.0108. The SMILES string of the molecule is O=C1C=C(OC(=O)c2ccc(Br)cc2CSc2nnnn2-c2ccccc2)CCC1. The lowest BCUT2D eigenvalue weighted by Gasteiger charge is -2.14. The summed E-state index contributed by atoms with van der Waals surface area (Å²) in [5.74, 6) is 0.408. The predicted molar refractivity (Wildman–Crippen MR) is 115 cm³/mol. The molecule has 1 aliphatic rings. The highest BCUT2D eigenvalue weighted by atomic mass is 79.9. The van der Waals surface area contributed by atoms with Gasteiger partial charge in [-0.1, -0.05) is 45.9 Å². The third-order valence-electron chi connectivity index (χ3n) is 4.48. The number of hydrogen-bond acceptors (Lipinski definition) is 7. The summed E-state index contributed by atoms with van der Waals surface area (Å²) in [6.45, 7) is 0. The van der Waals surface area contributed by atoms with Crippen LogP contribution in [0.15, 0.2) is 70.0 Å². The first-order valence-corrected chi connectivity index (χ1v) is 11.1. The predicted octanol–water partition coefficient (Wildman–Crippen LogP) is 4.51. The molecule has 0 radical (unpaired) electrons. The average Bonchev–Trinajstić information content (AvgIpc) is 3.21. The van der Waals surface area contributed by atoms with Gasteiger partial charge in [0.1, 0.15) is 5.76 Å². The van der Waals surface area contributed by atoms with Crippen molar-refractivity contribution in [1.82, 2.24) is 20.2 Å². The minimum atomic E-state index is -0.471. The van der Waals surface area contributed by atoms with Gasteiger partial charge in [-0.3, -0.25) is 4.79 Å². The maximum absolute atomic E-state index is 12.8. The largest absolute Gasteiger partial charge is 0.427 e. The van der Waals surface area contributed by atoms with Gasteiger partial charge in [0.15, 0.2) is 5.78 Å². The number of ketones is 1. The van der Waals surface area contributed by atoms with E-state index in [4.69, 9.17) is 4.74 Å². The number of nitrogens with zero attached hydrogens (tertiary/aromatic N) is 4. The first-order chi connectivity index (χ1) is 14.6. The molecule has 1 heterocycles. The molecule has 1 aliphatic carbocycles. The van der Waals surface area contributed by atoms with Crippen LogP contribution >= 0.6 is 27.7 Å². The molecule has 30 heavy (non-hydrogen) atoms. The fraction of sp³-hybridized carbons (Fsp3) is 0.190. The molecular weight excluding hydrogens is 468 g/mol. The Balaban J connectivity index is 1.53. The van der Waals surface area contributed by atoms with E-state index in [1.807, 2.05) is 36.4 Å². The lowest BCUT2D eigenvalue weighted by atomic mass is 10.0. The van der Waals surface area contributed by atoms with Crippen molar-refractivity contribution in [1.29, 1.82) is 0 Å². The van der Waals surface area contributed by atoms with Gasteiger partial charge in [-0.25, -0.2) is 4.79 Å². The highest BCUT2D eigenvalue weighted by Crippen LogP contribution is 2.28. The Labute approximate surface area is 185 Å². The zero-order chi connectivity index (χ0) is 20.9. The number of allylic oxidation sites excluding steroid dienone is 2. The number of hydrogen-bond donors (Lipinski definition) is 0. The first kappa shape index (κ1) is 20.5. The Bertz CT molecular complexity index is 1110. The number of rotatable bonds is 6. The molecule has 0 spiro atoms. The standard InChI is InChI=1S/C21H17BrN4O3S/c22-15-9-10-19(20(28)29-18-8-4-7-17(27)12-18)14(11-15)13-30-21-23-24-25-26(21)16-5-2-1-3-6-16/h1-3,5-6,9-12H,4,7-8,13H2. The van der Waals surface area contributed by atoms with Crippen LogP contribution in [-0.2, 0) is 15.3 Å². The molecule has 0 N–H and O–H groups in total. The molecule has 0 saturated heterocycles. The van der Waals surface area contributed by atoms with Crippen LogP contribution in [0, 0.1) is 0 Å². The number of tetrazole rings is 1. The number of esters is 1. The van der Waals surface area contributed by atoms with Crippen LogP contribution in [0.3, 0.4) is 0 Å². The average molecular weight is 485 g/mol. The number of benzene rings is 2. The minimum Gasteiger partial charge on any atom is -0.427 e. The molecule has 0 bridgehead atoms. The summed E-state index contributed by atoms with van der Waals surface area (Å²) in [4.78, 5) is 24.3. The molecule has 3 aromatic rings. The summed E-state index contributed by atoms with van der Waals surface area (Å²) in [5.41, 5.74) is 2.08. The van der Waals surface area contributed by atoms with Crippen molar-refractivity contribution in [2.45, 2.75) is 30.2 Å². The zero-order valence-corrected chi connectivity index (χ0v) is 18.2. The maximum Gasteiger partial charge on any atom is 0.343 e. The molecule has 0 fully saturated rings. The van der Waals surface area contributed by atoms with E-state index in [1.54, 1.807) is 16.8 Å². The smallest absolute Gasteiger partial charge is 0.343 e. The fourth-order valence-electron chi connectivity index (χ4n) is 3.04. The number of ether oxygens (including phenoxy) is 1.